The van der Waals surface area contributed by atoms with Crippen LogP contribution in [0, 0.1) is 0 Å². The van der Waals surface area contributed by atoms with Crippen LogP contribution in [0.3, 0.4) is 0 Å². The van der Waals surface area contributed by atoms with E-state index in [1.165, 1.54) is 16.7 Å². The topological polar surface area (TPSA) is 75.0 Å². The van der Waals surface area contributed by atoms with E-state index in [0.717, 1.165) is 11.9 Å². The van der Waals surface area contributed by atoms with Gasteiger partial charge in [0.05, 0.1) is 17.0 Å². The number of carbonyl (C=O) groups is 2. The van der Waals surface area contributed by atoms with Crippen LogP contribution in [0.1, 0.15) is 39.9 Å². The molecule has 5 heteroatoms. The Hall–Kier alpha value is -2.95. The summed E-state index contributed by atoms with van der Waals surface area (Å²) in [6.45, 7) is 2.00. The fourth-order valence-electron chi connectivity index (χ4n) is 2.66. The molecular weight excluding hydrogens is 292 g/mol. The van der Waals surface area contributed by atoms with Crippen LogP contribution in [-0.2, 0) is 6.42 Å². The highest BCUT2D eigenvalue weighted by molar-refractivity contribution is 6.08. The van der Waals surface area contributed by atoms with Gasteiger partial charge < -0.3 is 9.90 Å². The van der Waals surface area contributed by atoms with Gasteiger partial charge in [0, 0.05) is 17.5 Å². The first-order valence-corrected chi connectivity index (χ1v) is 7.45. The van der Waals surface area contributed by atoms with E-state index in [4.69, 9.17) is 0 Å². The summed E-state index contributed by atoms with van der Waals surface area (Å²) in [5.41, 5.74) is 1.38. The molecule has 5 nitrogen and oxygen atoms in total. The van der Waals surface area contributed by atoms with Crippen LogP contribution in [0.5, 0.6) is 0 Å². The molecule has 0 atom stereocenters. The van der Waals surface area contributed by atoms with E-state index in [0.29, 0.717) is 17.8 Å². The first-order chi connectivity index (χ1) is 11.1. The number of carboxylic acid groups (broad SMARTS) is 1. The lowest BCUT2D eigenvalue weighted by Crippen LogP contribution is -2.26. The van der Waals surface area contributed by atoms with Gasteiger partial charge in [0.25, 0.3) is 5.91 Å². The summed E-state index contributed by atoms with van der Waals surface area (Å²) >= 11 is 0. The van der Waals surface area contributed by atoms with E-state index in [1.807, 2.05) is 25.1 Å². The van der Waals surface area contributed by atoms with Crippen LogP contribution in [0.15, 0.2) is 48.5 Å². The first kappa shape index (κ1) is 15.0. The minimum absolute atomic E-state index is 0.105. The molecule has 2 aromatic carbocycles. The number of carboxylic acids is 1. The number of benzene rings is 2. The van der Waals surface area contributed by atoms with Crippen LogP contribution in [0.2, 0.25) is 0 Å². The van der Waals surface area contributed by atoms with Crippen molar-refractivity contribution in [3.63, 3.8) is 0 Å². The Labute approximate surface area is 133 Å². The summed E-state index contributed by atoms with van der Waals surface area (Å²) in [4.78, 5) is 28.8. The summed E-state index contributed by atoms with van der Waals surface area (Å²) < 4.78 is 1.50. The summed E-state index contributed by atoms with van der Waals surface area (Å²) in [5.74, 6) is -1.13. The zero-order valence-electron chi connectivity index (χ0n) is 12.7. The number of hydrogen-bond donors (Lipinski definition) is 0. The summed E-state index contributed by atoms with van der Waals surface area (Å²) in [6.07, 6.45) is 1.46. The third-order valence-corrected chi connectivity index (χ3v) is 3.68. The number of rotatable bonds is 4. The predicted molar refractivity (Wildman–Crippen MR) is 84.2 cm³/mol. The molecule has 0 saturated carbocycles. The zero-order chi connectivity index (χ0) is 16.4. The van der Waals surface area contributed by atoms with Gasteiger partial charge in [0.1, 0.15) is 5.82 Å². The molecule has 0 bridgehead atoms. The number of nitrogens with zero attached hydrogens (tertiary/aromatic N) is 2. The maximum Gasteiger partial charge on any atom is 0.264 e. The number of aromatic nitrogens is 2. The molecule has 1 aromatic heterocycles. The Bertz CT molecular complexity index is 896. The van der Waals surface area contributed by atoms with E-state index in [1.54, 1.807) is 18.2 Å². The van der Waals surface area contributed by atoms with Crippen LogP contribution in [0.25, 0.3) is 11.0 Å². The molecule has 116 valence electrons. The van der Waals surface area contributed by atoms with Crippen molar-refractivity contribution >= 4 is 22.9 Å². The monoisotopic (exact) mass is 307 g/mol. The maximum atomic E-state index is 13.0. The highest BCUT2D eigenvalue weighted by Gasteiger charge is 2.20. The van der Waals surface area contributed by atoms with E-state index < -0.39 is 11.9 Å². The normalized spacial score (nSPS) is 10.8. The second kappa shape index (κ2) is 6.04. The molecule has 23 heavy (non-hydrogen) atoms. The molecule has 0 aliphatic carbocycles. The molecular formula is C18H15N2O3-. The van der Waals surface area contributed by atoms with E-state index in [2.05, 4.69) is 4.98 Å². The SMILES string of the molecule is CCCc1nc2ccccc2n1C(=O)c1ccccc1C(=O)[O-]. The Morgan fingerprint density at radius 1 is 1.04 bits per heavy atom. The first-order valence-electron chi connectivity index (χ1n) is 7.45. The van der Waals surface area contributed by atoms with Gasteiger partial charge in [0.15, 0.2) is 0 Å². The van der Waals surface area contributed by atoms with Gasteiger partial charge >= 0.3 is 0 Å². The molecule has 0 amide bonds. The molecule has 0 N–H and O–H groups in total. The average Bonchev–Trinajstić information content (AvgIpc) is 2.92. The lowest BCUT2D eigenvalue weighted by atomic mass is 10.1. The molecule has 3 rings (SSSR count). The van der Waals surface area contributed by atoms with Gasteiger partial charge in [-0.15, -0.1) is 0 Å². The molecule has 0 unspecified atom stereocenters. The van der Waals surface area contributed by atoms with Crippen molar-refractivity contribution in [3.8, 4) is 0 Å². The maximum absolute atomic E-state index is 13.0. The number of hydrogen-bond acceptors (Lipinski definition) is 4. The molecule has 0 fully saturated rings. The lowest BCUT2D eigenvalue weighted by Gasteiger charge is -2.12. The summed E-state index contributed by atoms with van der Waals surface area (Å²) in [7, 11) is 0. The third-order valence-electron chi connectivity index (χ3n) is 3.68. The van der Waals surface area contributed by atoms with Crippen molar-refractivity contribution in [3.05, 3.63) is 65.5 Å². The molecule has 0 radical (unpaired) electrons. The fraction of sp³-hybridized carbons (Fsp3) is 0.167. The van der Waals surface area contributed by atoms with E-state index in [-0.39, 0.29) is 11.1 Å². The van der Waals surface area contributed by atoms with Crippen molar-refractivity contribution in [2.24, 2.45) is 0 Å². The summed E-state index contributed by atoms with van der Waals surface area (Å²) in [5, 5.41) is 11.3. The van der Waals surface area contributed by atoms with E-state index in [9.17, 15) is 14.7 Å². The number of para-hydroxylation sites is 2. The minimum atomic E-state index is -1.37. The van der Waals surface area contributed by atoms with Crippen LogP contribution in [0.4, 0.5) is 0 Å². The average molecular weight is 307 g/mol. The van der Waals surface area contributed by atoms with E-state index >= 15 is 0 Å². The van der Waals surface area contributed by atoms with Gasteiger partial charge in [-0.05, 0) is 24.6 Å². The molecule has 0 aliphatic rings. The predicted octanol–water partition coefficient (Wildman–Crippen LogP) is 2.04. The second-order valence-corrected chi connectivity index (χ2v) is 5.24. The van der Waals surface area contributed by atoms with Crippen molar-refractivity contribution in [1.29, 1.82) is 0 Å². The molecule has 0 spiro atoms. The number of aryl methyl sites for hydroxylation is 1. The smallest absolute Gasteiger partial charge is 0.264 e. The van der Waals surface area contributed by atoms with Crippen molar-refractivity contribution in [1.82, 2.24) is 9.55 Å². The molecule has 1 heterocycles. The fourth-order valence-corrected chi connectivity index (χ4v) is 2.66. The number of aromatic carboxylic acids is 1. The number of fused-ring (bicyclic) bond motifs is 1. The van der Waals surface area contributed by atoms with Gasteiger partial charge in [-0.3, -0.25) is 9.36 Å². The number of carbonyl (C=O) groups excluding carboxylic acids is 2. The van der Waals surface area contributed by atoms with Gasteiger partial charge in [-0.2, -0.15) is 0 Å². The van der Waals surface area contributed by atoms with Crippen molar-refractivity contribution in [2.45, 2.75) is 19.8 Å². The van der Waals surface area contributed by atoms with Crippen molar-refractivity contribution < 1.29 is 14.7 Å². The van der Waals surface area contributed by atoms with Crippen molar-refractivity contribution in [2.75, 3.05) is 0 Å². The lowest BCUT2D eigenvalue weighted by molar-refractivity contribution is -0.255. The summed E-state index contributed by atoms with van der Waals surface area (Å²) in [6, 6.07) is 13.4. The van der Waals surface area contributed by atoms with Gasteiger partial charge in [0.2, 0.25) is 0 Å². The minimum Gasteiger partial charge on any atom is -0.545 e. The van der Waals surface area contributed by atoms with Crippen LogP contribution >= 0.6 is 0 Å². The second-order valence-electron chi connectivity index (χ2n) is 5.24. The molecule has 0 aliphatic heterocycles. The Kier molecular flexibility index (Phi) is 3.93. The Balaban J connectivity index is 2.22. The molecule has 3 aromatic rings. The third kappa shape index (κ3) is 2.61. The van der Waals surface area contributed by atoms with Gasteiger partial charge in [-0.25, -0.2) is 4.98 Å². The molecule has 0 saturated heterocycles. The van der Waals surface area contributed by atoms with Crippen LogP contribution in [-0.4, -0.2) is 21.4 Å². The number of imidazole rings is 1. The van der Waals surface area contributed by atoms with Gasteiger partial charge in [-0.1, -0.05) is 37.3 Å². The Morgan fingerprint density at radius 2 is 1.70 bits per heavy atom. The van der Waals surface area contributed by atoms with Crippen LogP contribution < -0.4 is 5.11 Å². The standard InChI is InChI=1S/C18H16N2O3/c1-2-7-16-19-14-10-5-6-11-15(14)20(16)17(21)12-8-3-4-9-13(12)18(22)23/h3-6,8-11H,2,7H2,1H3,(H,22,23)/p-1. The Morgan fingerprint density at radius 3 is 2.39 bits per heavy atom. The zero-order valence-corrected chi connectivity index (χ0v) is 12.7. The quantitative estimate of drug-likeness (QED) is 0.739. The highest BCUT2D eigenvalue weighted by atomic mass is 16.4. The largest absolute Gasteiger partial charge is 0.545 e. The highest BCUT2D eigenvalue weighted by Crippen LogP contribution is 2.20.